The number of hydrogen-bond donors (Lipinski definition) is 1. The van der Waals surface area contributed by atoms with Crippen molar-refractivity contribution in [1.82, 2.24) is 9.97 Å². The minimum atomic E-state index is -0.170. The zero-order valence-electron chi connectivity index (χ0n) is 9.44. The first-order valence-electron chi connectivity index (χ1n) is 5.45. The molecule has 3 nitrogen and oxygen atoms in total. The van der Waals surface area contributed by atoms with E-state index in [0.717, 1.165) is 23.5 Å². The zero-order valence-corrected chi connectivity index (χ0v) is 10.2. The Kier molecular flexibility index (Phi) is 3.46. The molecule has 0 aliphatic rings. The van der Waals surface area contributed by atoms with E-state index in [1.807, 2.05) is 31.2 Å². The van der Waals surface area contributed by atoms with Crippen LogP contribution in [-0.2, 0) is 0 Å². The number of aromatic nitrogens is 2. The van der Waals surface area contributed by atoms with Crippen LogP contribution >= 0.6 is 11.6 Å². The Morgan fingerprint density at radius 2 is 2.12 bits per heavy atom. The molecule has 4 heteroatoms. The van der Waals surface area contributed by atoms with Crippen molar-refractivity contribution in [2.45, 2.75) is 19.3 Å². The molecule has 1 atom stereocenters. The van der Waals surface area contributed by atoms with Gasteiger partial charge in [-0.3, -0.25) is 0 Å². The van der Waals surface area contributed by atoms with E-state index in [-0.39, 0.29) is 5.92 Å². The van der Waals surface area contributed by atoms with Crippen LogP contribution in [0, 0.1) is 11.3 Å². The maximum absolute atomic E-state index is 8.97. The number of nitriles is 1. The number of imidazole rings is 1. The number of aromatic amines is 1. The fourth-order valence-electron chi connectivity index (χ4n) is 1.64. The average Bonchev–Trinajstić information content (AvgIpc) is 2.81. The molecule has 0 saturated heterocycles. The molecule has 2 rings (SSSR count). The van der Waals surface area contributed by atoms with Crippen LogP contribution in [0.3, 0.4) is 0 Å². The third kappa shape index (κ3) is 2.48. The molecule has 0 saturated carbocycles. The molecule has 1 aromatic heterocycles. The van der Waals surface area contributed by atoms with E-state index in [9.17, 15) is 0 Å². The van der Waals surface area contributed by atoms with Crippen LogP contribution in [0.25, 0.3) is 11.3 Å². The van der Waals surface area contributed by atoms with Crippen LogP contribution in [0.5, 0.6) is 0 Å². The predicted octanol–water partition coefficient (Wildman–Crippen LogP) is 3.75. The Morgan fingerprint density at radius 3 is 2.71 bits per heavy atom. The second kappa shape index (κ2) is 5.03. The van der Waals surface area contributed by atoms with Gasteiger partial charge in [0.25, 0.3) is 0 Å². The third-order valence-electron chi connectivity index (χ3n) is 2.64. The highest BCUT2D eigenvalue weighted by Gasteiger charge is 2.12. The van der Waals surface area contributed by atoms with E-state index < -0.39 is 0 Å². The minimum absolute atomic E-state index is 0.170. The quantitative estimate of drug-likeness (QED) is 0.895. The maximum Gasteiger partial charge on any atom is 0.123 e. The number of hydrogen-bond acceptors (Lipinski definition) is 2. The normalized spacial score (nSPS) is 12.1. The minimum Gasteiger partial charge on any atom is -0.341 e. The van der Waals surface area contributed by atoms with E-state index in [0.29, 0.717) is 5.02 Å². The summed E-state index contributed by atoms with van der Waals surface area (Å²) in [4.78, 5) is 7.42. The van der Waals surface area contributed by atoms with Crippen molar-refractivity contribution in [2.75, 3.05) is 0 Å². The van der Waals surface area contributed by atoms with Crippen molar-refractivity contribution >= 4 is 11.6 Å². The van der Waals surface area contributed by atoms with Crippen LogP contribution < -0.4 is 0 Å². The number of H-pyrrole nitrogens is 1. The van der Waals surface area contributed by atoms with Crippen molar-refractivity contribution in [1.29, 1.82) is 5.26 Å². The summed E-state index contributed by atoms with van der Waals surface area (Å²) < 4.78 is 0. The van der Waals surface area contributed by atoms with Gasteiger partial charge >= 0.3 is 0 Å². The standard InChI is InChI=1S/C13H12ClN3/c1-2-9(7-15)13-16-8-12(17-13)10-3-5-11(14)6-4-10/h3-6,8-9H,2H2,1H3,(H,16,17). The maximum atomic E-state index is 8.97. The largest absolute Gasteiger partial charge is 0.341 e. The first kappa shape index (κ1) is 11.7. The average molecular weight is 246 g/mol. The fourth-order valence-corrected chi connectivity index (χ4v) is 1.76. The smallest absolute Gasteiger partial charge is 0.123 e. The van der Waals surface area contributed by atoms with Gasteiger partial charge in [-0.25, -0.2) is 4.98 Å². The number of nitrogens with one attached hydrogen (secondary N) is 1. The highest BCUT2D eigenvalue weighted by molar-refractivity contribution is 6.30. The van der Waals surface area contributed by atoms with Crippen LogP contribution in [-0.4, -0.2) is 9.97 Å². The number of benzene rings is 1. The molecule has 0 amide bonds. The predicted molar refractivity (Wildman–Crippen MR) is 67.7 cm³/mol. The highest BCUT2D eigenvalue weighted by Crippen LogP contribution is 2.22. The summed E-state index contributed by atoms with van der Waals surface area (Å²) in [6, 6.07) is 9.74. The SMILES string of the molecule is CCC(C#N)c1ncc(-c2ccc(Cl)cc2)[nH]1. The summed E-state index contributed by atoms with van der Waals surface area (Å²) in [6.45, 7) is 1.97. The van der Waals surface area contributed by atoms with Crippen molar-refractivity contribution in [3.05, 3.63) is 41.3 Å². The molecule has 86 valence electrons. The fraction of sp³-hybridized carbons (Fsp3) is 0.231. The molecule has 0 fully saturated rings. The summed E-state index contributed by atoms with van der Waals surface area (Å²) in [5.41, 5.74) is 1.92. The van der Waals surface area contributed by atoms with Gasteiger partial charge in [0.05, 0.1) is 18.0 Å². The van der Waals surface area contributed by atoms with E-state index >= 15 is 0 Å². The first-order valence-corrected chi connectivity index (χ1v) is 5.83. The van der Waals surface area contributed by atoms with Gasteiger partial charge in [-0.05, 0) is 24.1 Å². The molecule has 17 heavy (non-hydrogen) atoms. The summed E-state index contributed by atoms with van der Waals surface area (Å²) in [5.74, 6) is 0.552. The molecule has 1 unspecified atom stereocenters. The topological polar surface area (TPSA) is 52.5 Å². The lowest BCUT2D eigenvalue weighted by atomic mass is 10.1. The van der Waals surface area contributed by atoms with Crippen LogP contribution in [0.1, 0.15) is 25.1 Å². The molecular weight excluding hydrogens is 234 g/mol. The Labute approximate surface area is 105 Å². The zero-order chi connectivity index (χ0) is 12.3. The number of halogens is 1. The Bertz CT molecular complexity index is 537. The summed E-state index contributed by atoms with van der Waals surface area (Å²) in [5, 5.41) is 9.67. The van der Waals surface area contributed by atoms with E-state index in [1.54, 1.807) is 6.20 Å². The Morgan fingerprint density at radius 1 is 1.41 bits per heavy atom. The molecule has 0 spiro atoms. The molecular formula is C13H12ClN3. The second-order valence-corrected chi connectivity index (χ2v) is 4.22. The molecule has 0 aliphatic carbocycles. The molecule has 0 radical (unpaired) electrons. The second-order valence-electron chi connectivity index (χ2n) is 3.78. The van der Waals surface area contributed by atoms with E-state index in [1.165, 1.54) is 0 Å². The molecule has 1 N–H and O–H groups in total. The van der Waals surface area contributed by atoms with Gasteiger partial charge in [-0.15, -0.1) is 0 Å². The van der Waals surface area contributed by atoms with E-state index in [2.05, 4.69) is 16.0 Å². The highest BCUT2D eigenvalue weighted by atomic mass is 35.5. The summed E-state index contributed by atoms with van der Waals surface area (Å²) in [7, 11) is 0. The van der Waals surface area contributed by atoms with Crippen LogP contribution in [0.2, 0.25) is 5.02 Å². The molecule has 0 bridgehead atoms. The van der Waals surface area contributed by atoms with Gasteiger partial charge in [0.15, 0.2) is 0 Å². The van der Waals surface area contributed by atoms with Gasteiger partial charge in [0, 0.05) is 5.02 Å². The van der Waals surface area contributed by atoms with Crippen LogP contribution in [0.4, 0.5) is 0 Å². The third-order valence-corrected chi connectivity index (χ3v) is 2.90. The molecule has 0 aliphatic heterocycles. The summed E-state index contributed by atoms with van der Waals surface area (Å²) in [6.07, 6.45) is 2.50. The van der Waals surface area contributed by atoms with Gasteiger partial charge < -0.3 is 4.98 Å². The van der Waals surface area contributed by atoms with Gasteiger partial charge in [0.1, 0.15) is 11.7 Å². The lowest BCUT2D eigenvalue weighted by Gasteiger charge is -2.01. The molecule has 1 heterocycles. The van der Waals surface area contributed by atoms with Crippen molar-refractivity contribution < 1.29 is 0 Å². The van der Waals surface area contributed by atoms with Crippen molar-refractivity contribution in [2.24, 2.45) is 0 Å². The van der Waals surface area contributed by atoms with Gasteiger partial charge in [0.2, 0.25) is 0 Å². The van der Waals surface area contributed by atoms with E-state index in [4.69, 9.17) is 16.9 Å². The Balaban J connectivity index is 2.30. The number of nitrogens with zero attached hydrogens (tertiary/aromatic N) is 2. The first-order chi connectivity index (χ1) is 8.24. The van der Waals surface area contributed by atoms with Gasteiger partial charge in [-0.1, -0.05) is 30.7 Å². The van der Waals surface area contributed by atoms with Crippen LogP contribution in [0.15, 0.2) is 30.5 Å². The lowest BCUT2D eigenvalue weighted by molar-refractivity contribution is 0.766. The molecule has 2 aromatic rings. The monoisotopic (exact) mass is 245 g/mol. The molecule has 1 aromatic carbocycles. The Hall–Kier alpha value is -1.79. The van der Waals surface area contributed by atoms with Crippen molar-refractivity contribution in [3.8, 4) is 17.3 Å². The van der Waals surface area contributed by atoms with Crippen molar-refractivity contribution in [3.63, 3.8) is 0 Å². The van der Waals surface area contributed by atoms with Gasteiger partial charge in [-0.2, -0.15) is 5.26 Å². The summed E-state index contributed by atoms with van der Waals surface area (Å²) >= 11 is 5.83. The number of rotatable bonds is 3. The lowest BCUT2D eigenvalue weighted by Crippen LogP contribution is -1.95.